The molecule has 0 spiro atoms. The highest BCUT2D eigenvalue weighted by Crippen LogP contribution is 2.10. The summed E-state index contributed by atoms with van der Waals surface area (Å²) >= 11 is 0. The van der Waals surface area contributed by atoms with Gasteiger partial charge in [0, 0.05) is 32.7 Å². The number of esters is 1. The molecule has 1 atom stereocenters. The lowest BCUT2D eigenvalue weighted by Crippen LogP contribution is -2.45. The molecule has 0 amide bonds. The standard InChI is InChI=1S/C17H26N2O3/c1-18(13-15-6-4-3-5-7-15)8-9-19-10-11-22-16(14-19)12-17(20)21-2/h3-7,16H,8-14H2,1-2H3/t16-/m0/s1. The number of hydrogen-bond acceptors (Lipinski definition) is 5. The molecule has 0 aliphatic carbocycles. The van der Waals surface area contributed by atoms with Gasteiger partial charge in [-0.2, -0.15) is 0 Å². The molecule has 1 aliphatic heterocycles. The number of rotatable bonds is 7. The minimum Gasteiger partial charge on any atom is -0.469 e. The molecule has 0 radical (unpaired) electrons. The van der Waals surface area contributed by atoms with Crippen LogP contribution in [0.4, 0.5) is 0 Å². The Morgan fingerprint density at radius 1 is 1.41 bits per heavy atom. The minimum absolute atomic E-state index is 0.0411. The van der Waals surface area contributed by atoms with Crippen LogP contribution in [0.1, 0.15) is 12.0 Å². The Bertz CT molecular complexity index is 452. The van der Waals surface area contributed by atoms with Gasteiger partial charge in [-0.05, 0) is 12.6 Å². The quantitative estimate of drug-likeness (QED) is 0.712. The molecular weight excluding hydrogens is 280 g/mol. The van der Waals surface area contributed by atoms with Crippen molar-refractivity contribution in [3.63, 3.8) is 0 Å². The Morgan fingerprint density at radius 2 is 2.18 bits per heavy atom. The lowest BCUT2D eigenvalue weighted by atomic mass is 10.2. The maximum atomic E-state index is 11.3. The first-order chi connectivity index (χ1) is 10.7. The molecule has 1 heterocycles. The highest BCUT2D eigenvalue weighted by atomic mass is 16.5. The molecule has 1 aromatic rings. The summed E-state index contributed by atoms with van der Waals surface area (Å²) in [5, 5.41) is 0. The zero-order chi connectivity index (χ0) is 15.8. The number of nitrogens with zero attached hydrogens (tertiary/aromatic N) is 2. The van der Waals surface area contributed by atoms with Crippen molar-refractivity contribution >= 4 is 5.97 Å². The van der Waals surface area contributed by atoms with E-state index in [2.05, 4.69) is 41.1 Å². The van der Waals surface area contributed by atoms with Crippen LogP contribution in [0.25, 0.3) is 0 Å². The topological polar surface area (TPSA) is 42.0 Å². The van der Waals surface area contributed by atoms with E-state index in [4.69, 9.17) is 9.47 Å². The Morgan fingerprint density at radius 3 is 2.91 bits per heavy atom. The van der Waals surface area contributed by atoms with Gasteiger partial charge in [0.1, 0.15) is 0 Å². The molecule has 2 rings (SSSR count). The van der Waals surface area contributed by atoms with E-state index >= 15 is 0 Å². The maximum absolute atomic E-state index is 11.3. The number of methoxy groups -OCH3 is 1. The van der Waals surface area contributed by atoms with Crippen molar-refractivity contribution in [1.82, 2.24) is 9.80 Å². The maximum Gasteiger partial charge on any atom is 0.308 e. The number of morpholine rings is 1. The van der Waals surface area contributed by atoms with Crippen molar-refractivity contribution in [2.75, 3.05) is 46.9 Å². The van der Waals surface area contributed by atoms with Crippen LogP contribution in [0, 0.1) is 0 Å². The zero-order valence-corrected chi connectivity index (χ0v) is 13.5. The average Bonchev–Trinajstić information content (AvgIpc) is 2.54. The van der Waals surface area contributed by atoms with E-state index in [9.17, 15) is 4.79 Å². The van der Waals surface area contributed by atoms with E-state index in [0.717, 1.165) is 32.7 Å². The number of ether oxygens (including phenoxy) is 2. The second-order valence-corrected chi connectivity index (χ2v) is 5.80. The molecule has 1 aliphatic rings. The molecule has 5 heteroatoms. The van der Waals surface area contributed by atoms with Gasteiger partial charge in [0.05, 0.1) is 26.2 Å². The first-order valence-electron chi connectivity index (χ1n) is 7.80. The van der Waals surface area contributed by atoms with Crippen LogP contribution < -0.4 is 0 Å². The fraction of sp³-hybridized carbons (Fsp3) is 0.588. The third-order valence-corrected chi connectivity index (χ3v) is 3.94. The van der Waals surface area contributed by atoms with Gasteiger partial charge in [0.15, 0.2) is 0 Å². The largest absolute Gasteiger partial charge is 0.469 e. The van der Waals surface area contributed by atoms with Gasteiger partial charge in [-0.15, -0.1) is 0 Å². The molecule has 0 bridgehead atoms. The summed E-state index contributed by atoms with van der Waals surface area (Å²) in [6.45, 7) is 5.36. The lowest BCUT2D eigenvalue weighted by Gasteiger charge is -2.33. The van der Waals surface area contributed by atoms with E-state index in [1.807, 2.05) is 6.07 Å². The summed E-state index contributed by atoms with van der Waals surface area (Å²) < 4.78 is 10.3. The van der Waals surface area contributed by atoms with Crippen molar-refractivity contribution in [1.29, 1.82) is 0 Å². The Labute approximate surface area is 132 Å². The van der Waals surface area contributed by atoms with Crippen molar-refractivity contribution in [2.24, 2.45) is 0 Å². The van der Waals surface area contributed by atoms with Crippen molar-refractivity contribution < 1.29 is 14.3 Å². The van der Waals surface area contributed by atoms with Crippen LogP contribution in [0.15, 0.2) is 30.3 Å². The average molecular weight is 306 g/mol. The SMILES string of the molecule is COC(=O)C[C@H]1CN(CCN(C)Cc2ccccc2)CCO1. The first-order valence-corrected chi connectivity index (χ1v) is 7.80. The molecule has 1 saturated heterocycles. The van der Waals surface area contributed by atoms with Gasteiger partial charge in [0.2, 0.25) is 0 Å². The number of benzene rings is 1. The van der Waals surface area contributed by atoms with Crippen LogP contribution >= 0.6 is 0 Å². The monoisotopic (exact) mass is 306 g/mol. The fourth-order valence-corrected chi connectivity index (χ4v) is 2.66. The number of likely N-dealkylation sites (N-methyl/N-ethyl adjacent to an activating group) is 1. The Hall–Kier alpha value is -1.43. The summed E-state index contributed by atoms with van der Waals surface area (Å²) in [4.78, 5) is 16.0. The van der Waals surface area contributed by atoms with Crippen molar-refractivity contribution in [2.45, 2.75) is 19.1 Å². The van der Waals surface area contributed by atoms with Gasteiger partial charge in [-0.25, -0.2) is 0 Å². The van der Waals surface area contributed by atoms with E-state index in [1.54, 1.807) is 0 Å². The summed E-state index contributed by atoms with van der Waals surface area (Å²) in [7, 11) is 3.56. The van der Waals surface area contributed by atoms with Gasteiger partial charge in [-0.1, -0.05) is 30.3 Å². The first kappa shape index (κ1) is 16.9. The molecule has 1 fully saturated rings. The lowest BCUT2D eigenvalue weighted by molar-refractivity contribution is -0.145. The molecule has 5 nitrogen and oxygen atoms in total. The zero-order valence-electron chi connectivity index (χ0n) is 13.5. The van der Waals surface area contributed by atoms with Crippen LogP contribution in [0.2, 0.25) is 0 Å². The summed E-state index contributed by atoms with van der Waals surface area (Å²) in [6, 6.07) is 10.5. The molecule has 122 valence electrons. The normalized spacial score (nSPS) is 19.3. The van der Waals surface area contributed by atoms with E-state index in [0.29, 0.717) is 13.0 Å². The van der Waals surface area contributed by atoms with Gasteiger partial charge in [0.25, 0.3) is 0 Å². The van der Waals surface area contributed by atoms with Crippen LogP contribution in [-0.2, 0) is 20.8 Å². The predicted octanol–water partition coefficient (Wildman–Crippen LogP) is 1.38. The smallest absolute Gasteiger partial charge is 0.308 e. The summed E-state index contributed by atoms with van der Waals surface area (Å²) in [6.07, 6.45) is 0.299. The molecule has 0 aromatic heterocycles. The highest BCUT2D eigenvalue weighted by molar-refractivity contribution is 5.69. The van der Waals surface area contributed by atoms with E-state index < -0.39 is 0 Å². The number of carbonyl (C=O) groups is 1. The molecule has 0 N–H and O–H groups in total. The summed E-state index contributed by atoms with van der Waals surface area (Å²) in [5.74, 6) is -0.201. The van der Waals surface area contributed by atoms with Crippen molar-refractivity contribution in [3.8, 4) is 0 Å². The van der Waals surface area contributed by atoms with E-state index in [-0.39, 0.29) is 12.1 Å². The third kappa shape index (κ3) is 5.75. The molecular formula is C17H26N2O3. The second-order valence-electron chi connectivity index (χ2n) is 5.80. The minimum atomic E-state index is -0.201. The van der Waals surface area contributed by atoms with Crippen molar-refractivity contribution in [3.05, 3.63) is 35.9 Å². The Balaban J connectivity index is 1.70. The fourth-order valence-electron chi connectivity index (χ4n) is 2.66. The third-order valence-electron chi connectivity index (χ3n) is 3.94. The number of carbonyl (C=O) groups excluding carboxylic acids is 1. The molecule has 1 aromatic carbocycles. The second kappa shape index (κ2) is 8.88. The van der Waals surface area contributed by atoms with Crippen LogP contribution in [0.5, 0.6) is 0 Å². The highest BCUT2D eigenvalue weighted by Gasteiger charge is 2.23. The number of hydrogen-bond donors (Lipinski definition) is 0. The molecule has 0 unspecified atom stereocenters. The van der Waals surface area contributed by atoms with Crippen LogP contribution in [0.3, 0.4) is 0 Å². The van der Waals surface area contributed by atoms with Gasteiger partial charge < -0.3 is 14.4 Å². The predicted molar refractivity (Wildman–Crippen MR) is 85.6 cm³/mol. The summed E-state index contributed by atoms with van der Waals surface area (Å²) in [5.41, 5.74) is 1.33. The van der Waals surface area contributed by atoms with Gasteiger partial charge >= 0.3 is 5.97 Å². The van der Waals surface area contributed by atoms with Gasteiger partial charge in [-0.3, -0.25) is 9.69 Å². The Kier molecular flexibility index (Phi) is 6.83. The molecule has 0 saturated carbocycles. The van der Waals surface area contributed by atoms with Crippen LogP contribution in [-0.4, -0.2) is 68.8 Å². The van der Waals surface area contributed by atoms with E-state index in [1.165, 1.54) is 12.7 Å². The molecule has 22 heavy (non-hydrogen) atoms.